The lowest BCUT2D eigenvalue weighted by atomic mass is 10.0. The van der Waals surface area contributed by atoms with Crippen LogP contribution < -0.4 is 4.74 Å². The first-order chi connectivity index (χ1) is 13.0. The molecule has 0 unspecified atom stereocenters. The summed E-state index contributed by atoms with van der Waals surface area (Å²) in [5.41, 5.74) is 1.42. The van der Waals surface area contributed by atoms with E-state index in [9.17, 15) is 14.4 Å². The molecule has 0 aliphatic carbocycles. The summed E-state index contributed by atoms with van der Waals surface area (Å²) in [5.74, 6) is -0.316. The van der Waals surface area contributed by atoms with Gasteiger partial charge in [-0.1, -0.05) is 12.1 Å². The molecule has 0 aliphatic heterocycles. The molecule has 0 amide bonds. The van der Waals surface area contributed by atoms with Gasteiger partial charge in [0.15, 0.2) is 18.2 Å². The van der Waals surface area contributed by atoms with Crippen molar-refractivity contribution in [3.8, 4) is 11.8 Å². The number of Topliss-reactive ketones (excluding diaryl/α,β-unsaturated/α-hetero) is 2. The van der Waals surface area contributed by atoms with Crippen molar-refractivity contribution >= 4 is 17.5 Å². The van der Waals surface area contributed by atoms with E-state index in [0.29, 0.717) is 22.4 Å². The van der Waals surface area contributed by atoms with Crippen molar-refractivity contribution < 1.29 is 23.9 Å². The summed E-state index contributed by atoms with van der Waals surface area (Å²) in [5, 5.41) is 8.76. The van der Waals surface area contributed by atoms with E-state index in [1.54, 1.807) is 55.5 Å². The number of carbonyl (C=O) groups excluding carboxylic acids is 3. The van der Waals surface area contributed by atoms with Crippen molar-refractivity contribution in [2.45, 2.75) is 19.8 Å². The van der Waals surface area contributed by atoms with E-state index in [2.05, 4.69) is 0 Å². The average molecular weight is 365 g/mol. The summed E-state index contributed by atoms with van der Waals surface area (Å²) >= 11 is 0. The second-order valence-corrected chi connectivity index (χ2v) is 5.65. The Morgan fingerprint density at radius 1 is 0.889 bits per heavy atom. The molecule has 2 aromatic carbocycles. The zero-order valence-corrected chi connectivity index (χ0v) is 14.9. The number of benzene rings is 2. The molecule has 0 bridgehead atoms. The number of nitriles is 1. The van der Waals surface area contributed by atoms with Gasteiger partial charge in [-0.25, -0.2) is 4.79 Å². The monoisotopic (exact) mass is 365 g/mol. The minimum Gasteiger partial charge on any atom is -0.482 e. The first-order valence-corrected chi connectivity index (χ1v) is 8.48. The van der Waals surface area contributed by atoms with Gasteiger partial charge in [-0.2, -0.15) is 5.26 Å². The number of nitrogens with zero attached hydrogens (tertiary/aromatic N) is 1. The Labute approximate surface area is 157 Å². The Morgan fingerprint density at radius 3 is 1.89 bits per heavy atom. The third-order valence-electron chi connectivity index (χ3n) is 3.75. The van der Waals surface area contributed by atoms with Crippen LogP contribution >= 0.6 is 0 Å². The summed E-state index contributed by atoms with van der Waals surface area (Å²) in [6, 6.07) is 14.7. The van der Waals surface area contributed by atoms with Crippen LogP contribution in [0.15, 0.2) is 48.5 Å². The van der Waals surface area contributed by atoms with E-state index >= 15 is 0 Å². The van der Waals surface area contributed by atoms with Gasteiger partial charge in [-0.3, -0.25) is 9.59 Å². The van der Waals surface area contributed by atoms with Crippen LogP contribution in [0.3, 0.4) is 0 Å². The maximum Gasteiger partial charge on any atom is 0.344 e. The summed E-state index contributed by atoms with van der Waals surface area (Å²) in [4.78, 5) is 35.6. The van der Waals surface area contributed by atoms with Gasteiger partial charge in [0.25, 0.3) is 0 Å². The maximum absolute atomic E-state index is 12.2. The highest BCUT2D eigenvalue weighted by molar-refractivity contribution is 6.02. The van der Waals surface area contributed by atoms with Crippen molar-refractivity contribution in [3.05, 3.63) is 65.2 Å². The van der Waals surface area contributed by atoms with E-state index in [0.717, 1.165) is 0 Å². The van der Waals surface area contributed by atoms with Gasteiger partial charge < -0.3 is 9.47 Å². The predicted molar refractivity (Wildman–Crippen MR) is 97.6 cm³/mol. The minimum absolute atomic E-state index is 0.0852. The van der Waals surface area contributed by atoms with Crippen molar-refractivity contribution in [3.63, 3.8) is 0 Å². The summed E-state index contributed by atoms with van der Waals surface area (Å²) in [6.45, 7) is 1.81. The van der Waals surface area contributed by atoms with E-state index < -0.39 is 5.97 Å². The first-order valence-electron chi connectivity index (χ1n) is 8.48. The molecule has 0 radical (unpaired) electrons. The molecule has 0 spiro atoms. The zero-order valence-electron chi connectivity index (χ0n) is 14.9. The number of ketones is 2. The van der Waals surface area contributed by atoms with Crippen LogP contribution in [0.2, 0.25) is 0 Å². The molecule has 0 N–H and O–H groups in total. The number of hydrogen-bond acceptors (Lipinski definition) is 6. The van der Waals surface area contributed by atoms with Crippen molar-refractivity contribution in [1.29, 1.82) is 5.26 Å². The van der Waals surface area contributed by atoms with Gasteiger partial charge in [-0.15, -0.1) is 0 Å². The lowest BCUT2D eigenvalue weighted by Crippen LogP contribution is -2.14. The minimum atomic E-state index is -0.459. The normalized spacial score (nSPS) is 9.93. The van der Waals surface area contributed by atoms with Gasteiger partial charge in [0.2, 0.25) is 0 Å². The molecule has 6 heteroatoms. The molecule has 0 fully saturated rings. The van der Waals surface area contributed by atoms with Crippen molar-refractivity contribution in [2.24, 2.45) is 0 Å². The molecule has 27 heavy (non-hydrogen) atoms. The second-order valence-electron chi connectivity index (χ2n) is 5.65. The predicted octanol–water partition coefficient (Wildman–Crippen LogP) is 3.35. The molecule has 6 nitrogen and oxygen atoms in total. The Morgan fingerprint density at radius 2 is 1.41 bits per heavy atom. The number of hydrogen-bond donors (Lipinski definition) is 0. The van der Waals surface area contributed by atoms with Crippen molar-refractivity contribution in [1.82, 2.24) is 0 Å². The molecule has 0 saturated carbocycles. The molecule has 0 atom stereocenters. The third kappa shape index (κ3) is 6.08. The van der Waals surface area contributed by atoms with Gasteiger partial charge in [0.05, 0.1) is 18.2 Å². The first kappa shape index (κ1) is 19.9. The largest absolute Gasteiger partial charge is 0.482 e. The highest BCUT2D eigenvalue weighted by atomic mass is 16.6. The number of esters is 1. The SMILES string of the molecule is CCOC(=O)COc1ccc(C(=O)CCC(=O)c2ccc(C#N)cc2)cc1. The van der Waals surface area contributed by atoms with Crippen LogP contribution in [0, 0.1) is 11.3 Å². The van der Waals surface area contributed by atoms with Crippen LogP contribution in [0.4, 0.5) is 0 Å². The molecule has 0 aromatic heterocycles. The van der Waals surface area contributed by atoms with Crippen molar-refractivity contribution in [2.75, 3.05) is 13.2 Å². The number of carbonyl (C=O) groups is 3. The lowest BCUT2D eigenvalue weighted by molar-refractivity contribution is -0.145. The van der Waals surface area contributed by atoms with Gasteiger partial charge in [0, 0.05) is 24.0 Å². The van der Waals surface area contributed by atoms with Gasteiger partial charge in [0.1, 0.15) is 5.75 Å². The molecule has 0 heterocycles. The highest BCUT2D eigenvalue weighted by Crippen LogP contribution is 2.15. The molecule has 0 aliphatic rings. The smallest absolute Gasteiger partial charge is 0.344 e. The average Bonchev–Trinajstić information content (AvgIpc) is 2.71. The quantitative estimate of drug-likeness (QED) is 0.500. The second kappa shape index (κ2) is 9.88. The lowest BCUT2D eigenvalue weighted by Gasteiger charge is -2.06. The Kier molecular flexibility index (Phi) is 7.26. The molecule has 0 saturated heterocycles. The highest BCUT2D eigenvalue weighted by Gasteiger charge is 2.12. The standard InChI is InChI=1S/C21H19NO5/c1-2-26-21(25)14-27-18-9-7-17(8-10-18)20(24)12-11-19(23)16-5-3-15(13-22)4-6-16/h3-10H,2,11-12,14H2,1H3. The van der Waals surface area contributed by atoms with E-state index in [4.69, 9.17) is 14.7 Å². The van der Waals surface area contributed by atoms with Crippen LogP contribution in [0.5, 0.6) is 5.75 Å². The summed E-state index contributed by atoms with van der Waals surface area (Å²) in [6.07, 6.45) is 0.174. The van der Waals surface area contributed by atoms with Gasteiger partial charge in [-0.05, 0) is 43.3 Å². The molecule has 2 rings (SSSR count). The summed E-state index contributed by atoms with van der Waals surface area (Å²) < 4.78 is 10.0. The third-order valence-corrected chi connectivity index (χ3v) is 3.75. The maximum atomic E-state index is 12.2. The van der Waals surface area contributed by atoms with Gasteiger partial charge >= 0.3 is 5.97 Å². The number of rotatable bonds is 9. The van der Waals surface area contributed by atoms with Crippen LogP contribution in [-0.4, -0.2) is 30.7 Å². The van der Waals surface area contributed by atoms with E-state index in [1.165, 1.54) is 0 Å². The fraction of sp³-hybridized carbons (Fsp3) is 0.238. The van der Waals surface area contributed by atoms with Crippen LogP contribution in [0.1, 0.15) is 46.0 Å². The number of ether oxygens (including phenoxy) is 2. The van der Waals surface area contributed by atoms with Crippen LogP contribution in [0.25, 0.3) is 0 Å². The summed E-state index contributed by atoms with van der Waals surface area (Å²) in [7, 11) is 0. The molecular formula is C21H19NO5. The fourth-order valence-electron chi connectivity index (χ4n) is 2.33. The van der Waals surface area contributed by atoms with Crippen LogP contribution in [-0.2, 0) is 9.53 Å². The Bertz CT molecular complexity index is 848. The zero-order chi connectivity index (χ0) is 19.6. The van der Waals surface area contributed by atoms with E-state index in [1.807, 2.05) is 6.07 Å². The Hall–Kier alpha value is -3.46. The Balaban J connectivity index is 1.85. The van der Waals surface area contributed by atoms with E-state index in [-0.39, 0.29) is 37.6 Å². The molecule has 2 aromatic rings. The topological polar surface area (TPSA) is 93.5 Å². The fourth-order valence-corrected chi connectivity index (χ4v) is 2.33. The molecule has 138 valence electrons. The molecular weight excluding hydrogens is 346 g/mol.